The maximum absolute atomic E-state index is 2.33. The van der Waals surface area contributed by atoms with Crippen LogP contribution in [0, 0.1) is 6.42 Å². The summed E-state index contributed by atoms with van der Waals surface area (Å²) in [6.45, 7) is 0. The van der Waals surface area contributed by atoms with Gasteiger partial charge in [-0.05, 0) is 36.0 Å². The van der Waals surface area contributed by atoms with Gasteiger partial charge in [0.05, 0.1) is 0 Å². The van der Waals surface area contributed by atoms with E-state index < -0.39 is 0 Å². The Morgan fingerprint density at radius 2 is 1.05 bits per heavy atom. The van der Waals surface area contributed by atoms with E-state index >= 15 is 0 Å². The molecule has 22 heavy (non-hydrogen) atoms. The summed E-state index contributed by atoms with van der Waals surface area (Å²) in [4.78, 5) is 0. The van der Waals surface area contributed by atoms with Crippen molar-refractivity contribution < 1.29 is 0 Å². The van der Waals surface area contributed by atoms with Crippen molar-refractivity contribution in [1.29, 1.82) is 0 Å². The van der Waals surface area contributed by atoms with Gasteiger partial charge in [-0.2, -0.15) is 0 Å². The largest absolute Gasteiger partial charge is 0.0622 e. The van der Waals surface area contributed by atoms with Crippen LogP contribution in [0.2, 0.25) is 0 Å². The summed E-state index contributed by atoms with van der Waals surface area (Å²) in [7, 11) is 0. The Morgan fingerprint density at radius 1 is 0.591 bits per heavy atom. The SMILES string of the molecule is [CH](CCC(c1ccccc1)c1ccccc1)c1ccccc1. The van der Waals surface area contributed by atoms with Crippen LogP contribution in [0.5, 0.6) is 0 Å². The molecule has 0 aliphatic heterocycles. The molecule has 0 heteroatoms. The molecule has 0 saturated heterocycles. The van der Waals surface area contributed by atoms with Crippen molar-refractivity contribution >= 4 is 0 Å². The normalized spacial score (nSPS) is 10.8. The van der Waals surface area contributed by atoms with Gasteiger partial charge in [0.15, 0.2) is 0 Å². The lowest BCUT2D eigenvalue weighted by Crippen LogP contribution is -2.01. The third-order valence-corrected chi connectivity index (χ3v) is 4.04. The molecule has 3 aromatic rings. The fourth-order valence-corrected chi connectivity index (χ4v) is 2.90. The van der Waals surface area contributed by atoms with Gasteiger partial charge in [0.25, 0.3) is 0 Å². The Balaban J connectivity index is 1.72. The van der Waals surface area contributed by atoms with Crippen LogP contribution in [0.1, 0.15) is 35.4 Å². The van der Waals surface area contributed by atoms with Gasteiger partial charge in [-0.25, -0.2) is 0 Å². The molecule has 0 atom stereocenters. The topological polar surface area (TPSA) is 0 Å². The number of hydrogen-bond donors (Lipinski definition) is 0. The van der Waals surface area contributed by atoms with Gasteiger partial charge in [-0.15, -0.1) is 0 Å². The lowest BCUT2D eigenvalue weighted by molar-refractivity contribution is 0.712. The molecule has 0 aromatic heterocycles. The summed E-state index contributed by atoms with van der Waals surface area (Å²) in [6.07, 6.45) is 4.54. The number of rotatable bonds is 6. The molecule has 3 aromatic carbocycles. The van der Waals surface area contributed by atoms with E-state index in [2.05, 4.69) is 97.4 Å². The van der Waals surface area contributed by atoms with Crippen LogP contribution in [0.15, 0.2) is 91.0 Å². The highest BCUT2D eigenvalue weighted by atomic mass is 14.2. The van der Waals surface area contributed by atoms with Crippen LogP contribution < -0.4 is 0 Å². The molecule has 109 valence electrons. The molecule has 0 amide bonds. The second-order valence-electron chi connectivity index (χ2n) is 5.57. The van der Waals surface area contributed by atoms with E-state index in [1.165, 1.54) is 16.7 Å². The minimum absolute atomic E-state index is 0.461. The van der Waals surface area contributed by atoms with Crippen LogP contribution in [0.25, 0.3) is 0 Å². The van der Waals surface area contributed by atoms with Crippen molar-refractivity contribution in [3.05, 3.63) is 114 Å². The lowest BCUT2D eigenvalue weighted by atomic mass is 9.86. The summed E-state index contributed by atoms with van der Waals surface area (Å²) < 4.78 is 0. The van der Waals surface area contributed by atoms with Crippen molar-refractivity contribution in [2.24, 2.45) is 0 Å². The van der Waals surface area contributed by atoms with E-state index in [1.54, 1.807) is 0 Å². The summed E-state index contributed by atoms with van der Waals surface area (Å²) >= 11 is 0. The zero-order valence-corrected chi connectivity index (χ0v) is 12.7. The monoisotopic (exact) mass is 285 g/mol. The van der Waals surface area contributed by atoms with Gasteiger partial charge in [0.2, 0.25) is 0 Å². The Kier molecular flexibility index (Phi) is 5.04. The van der Waals surface area contributed by atoms with Crippen LogP contribution in [0.4, 0.5) is 0 Å². The molecule has 0 unspecified atom stereocenters. The summed E-state index contributed by atoms with van der Waals surface area (Å²) in [5.41, 5.74) is 4.10. The maximum atomic E-state index is 2.33. The zero-order chi connectivity index (χ0) is 15.0. The molecular weight excluding hydrogens is 264 g/mol. The molecule has 0 nitrogen and oxygen atoms in total. The van der Waals surface area contributed by atoms with Gasteiger partial charge < -0.3 is 0 Å². The third kappa shape index (κ3) is 3.85. The molecule has 0 aliphatic carbocycles. The first-order valence-electron chi connectivity index (χ1n) is 7.91. The quantitative estimate of drug-likeness (QED) is 0.533. The predicted octanol–water partition coefficient (Wildman–Crippen LogP) is 5.85. The second-order valence-corrected chi connectivity index (χ2v) is 5.57. The van der Waals surface area contributed by atoms with Crippen LogP contribution in [-0.2, 0) is 0 Å². The summed E-state index contributed by atoms with van der Waals surface area (Å²) in [5, 5.41) is 0. The fraction of sp³-hybridized carbons (Fsp3) is 0.136. The first kappa shape index (κ1) is 14.6. The van der Waals surface area contributed by atoms with E-state index in [-0.39, 0.29) is 0 Å². The van der Waals surface area contributed by atoms with Gasteiger partial charge in [-0.1, -0.05) is 91.0 Å². The first-order valence-corrected chi connectivity index (χ1v) is 7.91. The lowest BCUT2D eigenvalue weighted by Gasteiger charge is -2.18. The molecular formula is C22H21. The zero-order valence-electron chi connectivity index (χ0n) is 12.7. The van der Waals surface area contributed by atoms with E-state index in [0.717, 1.165) is 12.8 Å². The predicted molar refractivity (Wildman–Crippen MR) is 93.8 cm³/mol. The molecule has 0 heterocycles. The smallest absolute Gasteiger partial charge is 0.00895 e. The highest BCUT2D eigenvalue weighted by Gasteiger charge is 2.13. The van der Waals surface area contributed by atoms with Crippen molar-refractivity contribution in [1.82, 2.24) is 0 Å². The van der Waals surface area contributed by atoms with E-state index in [9.17, 15) is 0 Å². The molecule has 0 saturated carbocycles. The highest BCUT2D eigenvalue weighted by molar-refractivity contribution is 5.32. The molecule has 1 radical (unpaired) electrons. The Morgan fingerprint density at radius 3 is 1.55 bits per heavy atom. The highest BCUT2D eigenvalue weighted by Crippen LogP contribution is 2.29. The number of hydrogen-bond acceptors (Lipinski definition) is 0. The Labute approximate surface area is 133 Å². The molecule has 3 rings (SSSR count). The minimum Gasteiger partial charge on any atom is -0.0622 e. The van der Waals surface area contributed by atoms with Crippen LogP contribution >= 0.6 is 0 Å². The minimum atomic E-state index is 0.461. The van der Waals surface area contributed by atoms with Gasteiger partial charge in [0.1, 0.15) is 0 Å². The molecule has 0 aliphatic rings. The fourth-order valence-electron chi connectivity index (χ4n) is 2.90. The summed E-state index contributed by atoms with van der Waals surface area (Å²) in [6, 6.07) is 32.2. The summed E-state index contributed by atoms with van der Waals surface area (Å²) in [5.74, 6) is 0.461. The second kappa shape index (κ2) is 7.61. The Bertz CT molecular complexity index is 617. The number of benzene rings is 3. The van der Waals surface area contributed by atoms with Crippen LogP contribution in [-0.4, -0.2) is 0 Å². The average molecular weight is 285 g/mol. The van der Waals surface area contributed by atoms with Crippen molar-refractivity contribution in [2.45, 2.75) is 18.8 Å². The van der Waals surface area contributed by atoms with Crippen molar-refractivity contribution in [2.75, 3.05) is 0 Å². The third-order valence-electron chi connectivity index (χ3n) is 4.04. The van der Waals surface area contributed by atoms with Gasteiger partial charge >= 0.3 is 0 Å². The van der Waals surface area contributed by atoms with Gasteiger partial charge in [-0.3, -0.25) is 0 Å². The molecule has 0 fully saturated rings. The molecule has 0 bridgehead atoms. The van der Waals surface area contributed by atoms with E-state index in [1.807, 2.05) is 0 Å². The van der Waals surface area contributed by atoms with E-state index in [4.69, 9.17) is 0 Å². The standard InChI is InChI=1S/C22H21/c1-4-11-19(12-5-1)13-10-18-22(20-14-6-2-7-15-20)21-16-8-3-9-17-21/h1-9,11-17,22H,10,18H2. The van der Waals surface area contributed by atoms with Crippen molar-refractivity contribution in [3.63, 3.8) is 0 Å². The Hall–Kier alpha value is -2.34. The van der Waals surface area contributed by atoms with Crippen LogP contribution in [0.3, 0.4) is 0 Å². The maximum Gasteiger partial charge on any atom is 0.00895 e. The first-order chi connectivity index (χ1) is 10.9. The molecule has 0 spiro atoms. The average Bonchev–Trinajstić information content (AvgIpc) is 2.61. The molecule has 0 N–H and O–H groups in total. The van der Waals surface area contributed by atoms with Gasteiger partial charge in [0, 0.05) is 5.92 Å². The van der Waals surface area contributed by atoms with E-state index in [0.29, 0.717) is 5.92 Å². The van der Waals surface area contributed by atoms with Crippen molar-refractivity contribution in [3.8, 4) is 0 Å².